The highest BCUT2D eigenvalue weighted by Crippen LogP contribution is 2.26. The van der Waals surface area contributed by atoms with Crippen LogP contribution in [0, 0.1) is 0 Å². The third-order valence-corrected chi connectivity index (χ3v) is 5.64. The van der Waals surface area contributed by atoms with E-state index in [1.54, 1.807) is 6.20 Å². The van der Waals surface area contributed by atoms with E-state index in [9.17, 15) is 8.78 Å². The molecule has 0 bridgehead atoms. The molecule has 2 N–H and O–H groups in total. The number of pyridine rings is 1. The molecule has 0 saturated carbocycles. The first-order valence-corrected chi connectivity index (χ1v) is 10.7. The van der Waals surface area contributed by atoms with E-state index in [1.165, 1.54) is 5.56 Å². The molecule has 0 fully saturated rings. The fourth-order valence-electron chi connectivity index (χ4n) is 3.12. The van der Waals surface area contributed by atoms with Gasteiger partial charge < -0.3 is 10.3 Å². The number of H-pyrrole nitrogens is 1. The summed E-state index contributed by atoms with van der Waals surface area (Å²) in [6.45, 7) is 7.14. The number of fused-ring (bicyclic) bond motifs is 1. The first-order chi connectivity index (χ1) is 13.3. The Morgan fingerprint density at radius 3 is 2.68 bits per heavy atom. The number of halogens is 3. The molecule has 0 aliphatic carbocycles. The Morgan fingerprint density at radius 2 is 2.04 bits per heavy atom. The fraction of sp³-hybridized carbons (Fsp3) is 0.318. The van der Waals surface area contributed by atoms with Gasteiger partial charge in [-0.25, -0.2) is 8.78 Å². The van der Waals surface area contributed by atoms with Crippen molar-refractivity contribution in [1.29, 1.82) is 0 Å². The van der Waals surface area contributed by atoms with Gasteiger partial charge in [0.15, 0.2) is 0 Å². The fourth-order valence-corrected chi connectivity index (χ4v) is 3.60. The predicted octanol–water partition coefficient (Wildman–Crippen LogP) is 6.41. The quantitative estimate of drug-likeness (QED) is 0.280. The van der Waals surface area contributed by atoms with Gasteiger partial charge in [-0.05, 0) is 43.5 Å². The third-order valence-electron chi connectivity index (χ3n) is 4.76. The molecule has 0 radical (unpaired) electrons. The van der Waals surface area contributed by atoms with E-state index in [-0.39, 0.29) is 12.5 Å². The van der Waals surface area contributed by atoms with Gasteiger partial charge in [0.25, 0.3) is 0 Å². The zero-order valence-corrected chi connectivity index (χ0v) is 18.2. The van der Waals surface area contributed by atoms with Crippen LogP contribution in [-0.2, 0) is 10.8 Å². The topological polar surface area (TPSA) is 40.7 Å². The minimum Gasteiger partial charge on any atom is -0.377 e. The summed E-state index contributed by atoms with van der Waals surface area (Å²) in [7, 11) is 0. The maximum Gasteiger partial charge on any atom is 0.245 e. The first kappa shape index (κ1) is 20.8. The highest BCUT2D eigenvalue weighted by atomic mass is 127. The van der Waals surface area contributed by atoms with Gasteiger partial charge in [-0.2, -0.15) is 0 Å². The maximum absolute atomic E-state index is 13.0. The van der Waals surface area contributed by atoms with E-state index in [4.69, 9.17) is 0 Å². The number of alkyl halides is 3. The number of hydrogen-bond donors (Lipinski definition) is 2. The molecule has 3 aromatic rings. The van der Waals surface area contributed by atoms with E-state index in [0.717, 1.165) is 44.8 Å². The summed E-state index contributed by atoms with van der Waals surface area (Å²) in [5, 5.41) is 4.52. The number of hydrogen-bond acceptors (Lipinski definition) is 2. The number of aryl methyl sites for hydroxylation is 1. The lowest BCUT2D eigenvalue weighted by molar-refractivity contribution is 0.0133. The molecule has 1 atom stereocenters. The second-order valence-electron chi connectivity index (χ2n) is 7.22. The van der Waals surface area contributed by atoms with Gasteiger partial charge in [0.1, 0.15) is 0 Å². The zero-order chi connectivity index (χ0) is 20.3. The number of nitrogens with zero attached hydrogens (tertiary/aromatic N) is 1. The van der Waals surface area contributed by atoms with Crippen molar-refractivity contribution in [2.24, 2.45) is 0 Å². The van der Waals surface area contributed by atoms with Crippen molar-refractivity contribution < 1.29 is 8.78 Å². The summed E-state index contributed by atoms with van der Waals surface area (Å²) < 4.78 is 27.0. The summed E-state index contributed by atoms with van der Waals surface area (Å²) in [5.74, 6) is -2.65. The van der Waals surface area contributed by atoms with Crippen LogP contribution in [0.2, 0.25) is 0 Å². The van der Waals surface area contributed by atoms with Crippen LogP contribution in [-0.4, -0.2) is 15.9 Å². The molecular weight excluding hydrogens is 471 g/mol. The van der Waals surface area contributed by atoms with Crippen molar-refractivity contribution in [2.75, 3.05) is 0 Å². The number of benzene rings is 1. The van der Waals surface area contributed by atoms with E-state index >= 15 is 0 Å². The summed E-state index contributed by atoms with van der Waals surface area (Å²) in [4.78, 5) is 7.75. The zero-order valence-electron chi connectivity index (χ0n) is 16.0. The Kier molecular flexibility index (Phi) is 6.37. The summed E-state index contributed by atoms with van der Waals surface area (Å²) >= 11 is 2.35. The predicted molar refractivity (Wildman–Crippen MR) is 120 cm³/mol. The molecular formula is C22H24F2IN3. The van der Waals surface area contributed by atoms with E-state index in [0.29, 0.717) is 6.42 Å². The van der Waals surface area contributed by atoms with Crippen LogP contribution in [0.25, 0.3) is 16.6 Å². The molecule has 0 amide bonds. The van der Waals surface area contributed by atoms with Crippen molar-refractivity contribution in [3.8, 4) is 0 Å². The molecule has 3 nitrogen and oxygen atoms in total. The monoisotopic (exact) mass is 495 g/mol. The van der Waals surface area contributed by atoms with Gasteiger partial charge >= 0.3 is 0 Å². The minimum atomic E-state index is -2.65. The molecule has 148 valence electrons. The van der Waals surface area contributed by atoms with Crippen LogP contribution >= 0.6 is 22.6 Å². The van der Waals surface area contributed by atoms with Gasteiger partial charge in [-0.15, -0.1) is 0 Å². The molecule has 0 aliphatic rings. The highest BCUT2D eigenvalue weighted by Gasteiger charge is 2.20. The second-order valence-corrected chi connectivity index (χ2v) is 7.98. The normalized spacial score (nSPS) is 12.9. The van der Waals surface area contributed by atoms with Crippen LogP contribution in [0.4, 0.5) is 8.78 Å². The molecule has 6 heteroatoms. The van der Waals surface area contributed by atoms with Crippen LogP contribution in [0.15, 0.2) is 49.3 Å². The lowest BCUT2D eigenvalue weighted by Crippen LogP contribution is -2.17. The average molecular weight is 495 g/mol. The third kappa shape index (κ3) is 5.10. The Labute approximate surface area is 177 Å². The largest absolute Gasteiger partial charge is 0.377 e. The van der Waals surface area contributed by atoms with Gasteiger partial charge in [0.05, 0.1) is 11.7 Å². The standard InChI is InChI=1S/C22H24F2IN3/c1-14(19-13-27-21-10-17(11-25)4-6-18(19)21)28-15(2)20-7-5-16(12-26-20)8-9-22(3,23)24/h4-7,10,12-13,15,27-28H,1,8-9,11H2,2-3H3. The Morgan fingerprint density at radius 1 is 1.29 bits per heavy atom. The molecule has 0 spiro atoms. The first-order valence-electron chi connectivity index (χ1n) is 9.21. The number of aromatic nitrogens is 2. The molecule has 3 rings (SSSR count). The van der Waals surface area contributed by atoms with Crippen molar-refractivity contribution in [3.63, 3.8) is 0 Å². The summed E-state index contributed by atoms with van der Waals surface area (Å²) in [6.07, 6.45) is 3.79. The minimum absolute atomic E-state index is 0.0484. The Hall–Kier alpha value is -1.96. The Bertz CT molecular complexity index is 958. The van der Waals surface area contributed by atoms with Crippen molar-refractivity contribution >= 4 is 39.2 Å². The van der Waals surface area contributed by atoms with Crippen molar-refractivity contribution in [1.82, 2.24) is 15.3 Å². The number of rotatable bonds is 8. The molecule has 0 saturated heterocycles. The molecule has 2 heterocycles. The SMILES string of the molecule is C=C(NC(C)c1ccc(CCC(C)(F)F)cn1)c1c[nH]c2cc(CI)ccc12. The van der Waals surface area contributed by atoms with Crippen LogP contribution in [0.3, 0.4) is 0 Å². The average Bonchev–Trinajstić information content (AvgIpc) is 3.09. The van der Waals surface area contributed by atoms with Gasteiger partial charge in [-0.3, -0.25) is 4.98 Å². The lowest BCUT2D eigenvalue weighted by Gasteiger charge is -2.17. The Balaban J connectivity index is 1.67. The number of aromatic amines is 1. The van der Waals surface area contributed by atoms with Crippen LogP contribution in [0.5, 0.6) is 0 Å². The smallest absolute Gasteiger partial charge is 0.245 e. The van der Waals surface area contributed by atoms with Gasteiger partial charge in [0, 0.05) is 45.4 Å². The summed E-state index contributed by atoms with van der Waals surface area (Å²) in [5.41, 5.74) is 5.88. The molecule has 1 aromatic carbocycles. The molecule has 2 aromatic heterocycles. The molecule has 1 unspecified atom stereocenters. The van der Waals surface area contributed by atoms with E-state index < -0.39 is 5.92 Å². The number of nitrogens with one attached hydrogen (secondary N) is 2. The maximum atomic E-state index is 13.0. The van der Waals surface area contributed by atoms with E-state index in [1.807, 2.05) is 25.3 Å². The van der Waals surface area contributed by atoms with Crippen molar-refractivity contribution in [3.05, 3.63) is 71.7 Å². The van der Waals surface area contributed by atoms with Crippen molar-refractivity contribution in [2.45, 2.75) is 43.1 Å². The van der Waals surface area contributed by atoms with Crippen LogP contribution < -0.4 is 5.32 Å². The summed E-state index contributed by atoms with van der Waals surface area (Å²) in [6, 6.07) is 10.1. The molecule has 28 heavy (non-hydrogen) atoms. The van der Waals surface area contributed by atoms with Gasteiger partial charge in [0.2, 0.25) is 5.92 Å². The molecule has 0 aliphatic heterocycles. The lowest BCUT2D eigenvalue weighted by atomic mass is 10.1. The van der Waals surface area contributed by atoms with E-state index in [2.05, 4.69) is 62.7 Å². The second kappa shape index (κ2) is 8.59. The van der Waals surface area contributed by atoms with Crippen LogP contribution in [0.1, 0.15) is 48.7 Å². The van der Waals surface area contributed by atoms with Gasteiger partial charge in [-0.1, -0.05) is 47.4 Å². The highest BCUT2D eigenvalue weighted by molar-refractivity contribution is 14.1.